The molecule has 32 heavy (non-hydrogen) atoms. The van der Waals surface area contributed by atoms with Gasteiger partial charge in [-0.15, -0.1) is 0 Å². The monoisotopic (exact) mass is 438 g/mol. The summed E-state index contributed by atoms with van der Waals surface area (Å²) in [7, 11) is 0. The highest BCUT2D eigenvalue weighted by molar-refractivity contribution is 6.07. The molecule has 2 aromatic rings. The van der Waals surface area contributed by atoms with Crippen LogP contribution in [0.3, 0.4) is 0 Å². The number of amides is 3. The topological polar surface area (TPSA) is 94.8 Å². The summed E-state index contributed by atoms with van der Waals surface area (Å²) in [5.41, 5.74) is 1.45. The standard InChI is InChI=1S/C23H30N6O3/c1-17-7-3-4-8-18(17)20-24-19(32-26-20)15-27-11-13-28(14-12-27)16-29-21(30)23(25-22(29)31)9-5-2-6-10-23/h3-4,7-8H,2,5-6,9-16H2,1H3,(H,25,31). The molecule has 0 bridgehead atoms. The quantitative estimate of drug-likeness (QED) is 0.716. The molecule has 3 fully saturated rings. The van der Waals surface area contributed by atoms with Crippen molar-refractivity contribution in [3.63, 3.8) is 0 Å². The lowest BCUT2D eigenvalue weighted by Gasteiger charge is -2.35. The Balaban J connectivity index is 1.14. The molecule has 1 saturated carbocycles. The number of rotatable bonds is 5. The van der Waals surface area contributed by atoms with Gasteiger partial charge in [-0.2, -0.15) is 4.98 Å². The second kappa shape index (κ2) is 8.63. The molecule has 3 aliphatic rings. The zero-order valence-electron chi connectivity index (χ0n) is 18.5. The van der Waals surface area contributed by atoms with Crippen molar-refractivity contribution in [1.82, 2.24) is 30.2 Å². The Morgan fingerprint density at radius 2 is 1.75 bits per heavy atom. The average Bonchev–Trinajstić information content (AvgIpc) is 3.34. The van der Waals surface area contributed by atoms with Crippen molar-refractivity contribution in [2.24, 2.45) is 0 Å². The van der Waals surface area contributed by atoms with Crippen molar-refractivity contribution in [2.75, 3.05) is 32.8 Å². The smallest absolute Gasteiger partial charge is 0.326 e. The Morgan fingerprint density at radius 1 is 1.03 bits per heavy atom. The maximum absolute atomic E-state index is 13.0. The zero-order chi connectivity index (χ0) is 22.1. The first-order valence-corrected chi connectivity index (χ1v) is 11.5. The van der Waals surface area contributed by atoms with Gasteiger partial charge in [0.1, 0.15) is 5.54 Å². The number of aromatic nitrogens is 2. The second-order valence-corrected chi connectivity index (χ2v) is 9.17. The number of hydrogen-bond acceptors (Lipinski definition) is 7. The molecule has 9 heteroatoms. The van der Waals surface area contributed by atoms with E-state index in [0.717, 1.165) is 69.4 Å². The lowest BCUT2D eigenvalue weighted by molar-refractivity contribution is -0.134. The molecule has 9 nitrogen and oxygen atoms in total. The van der Waals surface area contributed by atoms with Gasteiger partial charge in [0, 0.05) is 31.7 Å². The molecule has 1 aromatic heterocycles. The van der Waals surface area contributed by atoms with Crippen LogP contribution < -0.4 is 5.32 Å². The van der Waals surface area contributed by atoms with E-state index in [1.54, 1.807) is 0 Å². The number of piperazine rings is 1. The number of hydrogen-bond donors (Lipinski definition) is 1. The molecule has 1 spiro atoms. The first-order chi connectivity index (χ1) is 15.5. The van der Waals surface area contributed by atoms with Crippen molar-refractivity contribution in [3.8, 4) is 11.4 Å². The summed E-state index contributed by atoms with van der Waals surface area (Å²) in [6.45, 7) is 6.18. The lowest BCUT2D eigenvalue weighted by Crippen LogP contribution is -2.52. The Hall–Kier alpha value is -2.78. The number of nitrogens with zero attached hydrogens (tertiary/aromatic N) is 5. The normalized spacial score (nSPS) is 22.0. The molecule has 1 aliphatic carbocycles. The highest BCUT2D eigenvalue weighted by Gasteiger charge is 2.51. The van der Waals surface area contributed by atoms with E-state index in [0.29, 0.717) is 24.9 Å². The van der Waals surface area contributed by atoms with E-state index in [4.69, 9.17) is 4.52 Å². The Kier molecular flexibility index (Phi) is 5.69. The predicted molar refractivity (Wildman–Crippen MR) is 117 cm³/mol. The maximum atomic E-state index is 13.0. The third kappa shape index (κ3) is 4.02. The summed E-state index contributed by atoms with van der Waals surface area (Å²) >= 11 is 0. The van der Waals surface area contributed by atoms with Gasteiger partial charge in [-0.05, 0) is 25.3 Å². The van der Waals surface area contributed by atoms with Crippen LogP contribution in [0, 0.1) is 6.92 Å². The fraction of sp³-hybridized carbons (Fsp3) is 0.565. The highest BCUT2D eigenvalue weighted by Crippen LogP contribution is 2.33. The Labute approximate surface area is 187 Å². The molecule has 170 valence electrons. The Morgan fingerprint density at radius 3 is 2.50 bits per heavy atom. The van der Waals surface area contributed by atoms with Crippen LogP contribution in [0.2, 0.25) is 0 Å². The summed E-state index contributed by atoms with van der Waals surface area (Å²) in [6.07, 6.45) is 4.66. The highest BCUT2D eigenvalue weighted by atomic mass is 16.5. The molecular weight excluding hydrogens is 408 g/mol. The van der Waals surface area contributed by atoms with Crippen LogP contribution in [0.4, 0.5) is 4.79 Å². The molecule has 5 rings (SSSR count). The van der Waals surface area contributed by atoms with Crippen molar-refractivity contribution in [2.45, 2.75) is 51.1 Å². The van der Waals surface area contributed by atoms with Crippen molar-refractivity contribution in [1.29, 1.82) is 0 Å². The predicted octanol–water partition coefficient (Wildman–Crippen LogP) is 2.37. The number of carbonyl (C=O) groups excluding carboxylic acids is 2. The van der Waals surface area contributed by atoms with Crippen molar-refractivity contribution in [3.05, 3.63) is 35.7 Å². The molecule has 0 atom stereocenters. The lowest BCUT2D eigenvalue weighted by atomic mass is 9.82. The number of benzene rings is 1. The van der Waals surface area contributed by atoms with Crippen LogP contribution in [0.1, 0.15) is 43.6 Å². The molecular formula is C23H30N6O3. The van der Waals surface area contributed by atoms with E-state index in [1.807, 2.05) is 31.2 Å². The number of imide groups is 1. The van der Waals surface area contributed by atoms with E-state index in [9.17, 15) is 9.59 Å². The van der Waals surface area contributed by atoms with Gasteiger partial charge in [-0.1, -0.05) is 48.7 Å². The van der Waals surface area contributed by atoms with Gasteiger partial charge in [0.05, 0.1) is 13.2 Å². The molecule has 3 amide bonds. The van der Waals surface area contributed by atoms with Gasteiger partial charge < -0.3 is 9.84 Å². The number of aryl methyl sites for hydroxylation is 1. The van der Waals surface area contributed by atoms with E-state index < -0.39 is 5.54 Å². The van der Waals surface area contributed by atoms with Gasteiger partial charge in [0.15, 0.2) is 0 Å². The van der Waals surface area contributed by atoms with E-state index >= 15 is 0 Å². The number of urea groups is 1. The van der Waals surface area contributed by atoms with Crippen LogP contribution in [-0.2, 0) is 11.3 Å². The third-order valence-electron chi connectivity index (χ3n) is 6.97. The van der Waals surface area contributed by atoms with Gasteiger partial charge in [0.25, 0.3) is 5.91 Å². The van der Waals surface area contributed by atoms with Crippen LogP contribution in [-0.4, -0.2) is 75.2 Å². The van der Waals surface area contributed by atoms with Crippen molar-refractivity contribution >= 4 is 11.9 Å². The average molecular weight is 439 g/mol. The van der Waals surface area contributed by atoms with Crippen molar-refractivity contribution < 1.29 is 14.1 Å². The maximum Gasteiger partial charge on any atom is 0.326 e. The SMILES string of the molecule is Cc1ccccc1-c1noc(CN2CCN(CN3C(=O)NC4(CCCCC4)C3=O)CC2)n1. The molecule has 0 unspecified atom stereocenters. The Bertz CT molecular complexity index is 991. The van der Waals surface area contributed by atoms with Gasteiger partial charge in [-0.3, -0.25) is 14.6 Å². The fourth-order valence-corrected chi connectivity index (χ4v) is 5.03. The number of nitrogens with one attached hydrogen (secondary N) is 1. The molecule has 3 heterocycles. The van der Waals surface area contributed by atoms with Gasteiger partial charge in [-0.25, -0.2) is 9.69 Å². The van der Waals surface area contributed by atoms with Crippen LogP contribution in [0.15, 0.2) is 28.8 Å². The van der Waals surface area contributed by atoms with E-state index in [-0.39, 0.29) is 11.9 Å². The summed E-state index contributed by atoms with van der Waals surface area (Å²) in [4.78, 5) is 35.9. The summed E-state index contributed by atoms with van der Waals surface area (Å²) < 4.78 is 5.48. The van der Waals surface area contributed by atoms with Crippen LogP contribution in [0.5, 0.6) is 0 Å². The zero-order valence-corrected chi connectivity index (χ0v) is 18.5. The summed E-state index contributed by atoms with van der Waals surface area (Å²) in [5, 5.41) is 7.14. The van der Waals surface area contributed by atoms with Gasteiger partial charge >= 0.3 is 6.03 Å². The fourth-order valence-electron chi connectivity index (χ4n) is 5.03. The van der Waals surface area contributed by atoms with Gasteiger partial charge in [0.2, 0.25) is 11.7 Å². The first kappa shape index (κ1) is 21.1. The molecule has 2 aliphatic heterocycles. The molecule has 1 N–H and O–H groups in total. The molecule has 2 saturated heterocycles. The third-order valence-corrected chi connectivity index (χ3v) is 6.97. The number of carbonyl (C=O) groups is 2. The van der Waals surface area contributed by atoms with E-state index in [1.165, 1.54) is 4.90 Å². The minimum absolute atomic E-state index is 0.0424. The van der Waals surface area contributed by atoms with E-state index in [2.05, 4.69) is 25.3 Å². The minimum atomic E-state index is -0.649. The molecule has 1 aromatic carbocycles. The van der Waals surface area contributed by atoms with Crippen LogP contribution in [0.25, 0.3) is 11.4 Å². The summed E-state index contributed by atoms with van der Waals surface area (Å²) in [5.74, 6) is 1.18. The first-order valence-electron chi connectivity index (χ1n) is 11.5. The second-order valence-electron chi connectivity index (χ2n) is 9.17. The summed E-state index contributed by atoms with van der Waals surface area (Å²) in [6, 6.07) is 7.75. The molecule has 0 radical (unpaired) electrons. The largest absolute Gasteiger partial charge is 0.338 e. The minimum Gasteiger partial charge on any atom is -0.338 e. The van der Waals surface area contributed by atoms with Crippen LogP contribution >= 0.6 is 0 Å².